The monoisotopic (exact) mass is 236 g/mol. The van der Waals surface area contributed by atoms with Crippen LogP contribution >= 0.6 is 0 Å². The number of hydrazine groups is 1. The summed E-state index contributed by atoms with van der Waals surface area (Å²) in [6.45, 7) is 4.57. The molecule has 0 saturated carbocycles. The first-order valence-electron chi connectivity index (χ1n) is 6.07. The molecular formula is C13H20N2O2. The van der Waals surface area contributed by atoms with E-state index in [1.165, 1.54) is 5.56 Å². The van der Waals surface area contributed by atoms with E-state index in [-0.39, 0.29) is 0 Å². The van der Waals surface area contributed by atoms with E-state index in [2.05, 4.69) is 22.6 Å². The van der Waals surface area contributed by atoms with Crippen LogP contribution in [0.5, 0.6) is 5.75 Å². The Balaban J connectivity index is 1.69. The van der Waals surface area contributed by atoms with E-state index in [0.717, 1.165) is 45.0 Å². The molecule has 94 valence electrons. The lowest BCUT2D eigenvalue weighted by Gasteiger charge is -2.27. The third kappa shape index (κ3) is 4.00. The molecule has 1 N–H and O–H groups in total. The maximum absolute atomic E-state index is 5.29. The lowest BCUT2D eigenvalue weighted by Crippen LogP contribution is -2.46. The fraction of sp³-hybridized carbons (Fsp3) is 0.538. The van der Waals surface area contributed by atoms with Gasteiger partial charge in [-0.1, -0.05) is 12.1 Å². The minimum absolute atomic E-state index is 0.829. The molecule has 4 heteroatoms. The van der Waals surface area contributed by atoms with Crippen molar-refractivity contribution in [3.63, 3.8) is 0 Å². The van der Waals surface area contributed by atoms with Crippen molar-refractivity contribution in [1.82, 2.24) is 10.4 Å². The van der Waals surface area contributed by atoms with Crippen LogP contribution in [0.15, 0.2) is 24.3 Å². The number of rotatable bonds is 5. The largest absolute Gasteiger partial charge is 0.497 e. The summed E-state index contributed by atoms with van der Waals surface area (Å²) in [6.07, 6.45) is 1.03. The van der Waals surface area contributed by atoms with Crippen LogP contribution in [0.2, 0.25) is 0 Å². The van der Waals surface area contributed by atoms with Gasteiger partial charge in [0.05, 0.1) is 20.3 Å². The Bertz CT molecular complexity index is 321. The average molecular weight is 236 g/mol. The van der Waals surface area contributed by atoms with E-state index in [1.54, 1.807) is 7.11 Å². The van der Waals surface area contributed by atoms with Gasteiger partial charge in [0.1, 0.15) is 5.75 Å². The third-order valence-electron chi connectivity index (χ3n) is 2.92. The summed E-state index contributed by atoms with van der Waals surface area (Å²) in [5.74, 6) is 0.912. The highest BCUT2D eigenvalue weighted by molar-refractivity contribution is 5.27. The Morgan fingerprint density at radius 3 is 2.59 bits per heavy atom. The molecule has 17 heavy (non-hydrogen) atoms. The van der Waals surface area contributed by atoms with Gasteiger partial charge < -0.3 is 9.47 Å². The van der Waals surface area contributed by atoms with Crippen molar-refractivity contribution in [2.75, 3.05) is 40.0 Å². The number of hydrogen-bond donors (Lipinski definition) is 1. The van der Waals surface area contributed by atoms with Gasteiger partial charge in [-0.3, -0.25) is 5.43 Å². The van der Waals surface area contributed by atoms with Crippen LogP contribution in [0, 0.1) is 0 Å². The number of benzene rings is 1. The summed E-state index contributed by atoms with van der Waals surface area (Å²) in [6, 6.07) is 8.23. The van der Waals surface area contributed by atoms with Crippen LogP contribution in [-0.2, 0) is 11.2 Å². The molecular weight excluding hydrogens is 216 g/mol. The maximum atomic E-state index is 5.29. The van der Waals surface area contributed by atoms with Gasteiger partial charge in [-0.2, -0.15) is 0 Å². The summed E-state index contributed by atoms with van der Waals surface area (Å²) in [4.78, 5) is 0. The first kappa shape index (κ1) is 12.4. The molecule has 1 aromatic rings. The molecule has 0 radical (unpaired) electrons. The first-order valence-corrected chi connectivity index (χ1v) is 6.07. The van der Waals surface area contributed by atoms with E-state index < -0.39 is 0 Å². The van der Waals surface area contributed by atoms with Crippen LogP contribution in [0.1, 0.15) is 5.56 Å². The molecule has 0 unspecified atom stereocenters. The lowest BCUT2D eigenvalue weighted by molar-refractivity contribution is 0.0123. The van der Waals surface area contributed by atoms with Gasteiger partial charge in [-0.05, 0) is 24.1 Å². The van der Waals surface area contributed by atoms with Crippen LogP contribution in [0.4, 0.5) is 0 Å². The molecule has 0 spiro atoms. The number of ether oxygens (including phenoxy) is 2. The second-order valence-electron chi connectivity index (χ2n) is 4.11. The van der Waals surface area contributed by atoms with E-state index >= 15 is 0 Å². The lowest BCUT2D eigenvalue weighted by atomic mass is 10.1. The molecule has 0 aliphatic carbocycles. The standard InChI is InChI=1S/C13H20N2O2/c1-16-13-4-2-12(3-5-13)6-7-14-15-8-10-17-11-9-15/h2-5,14H,6-11H2,1H3. The van der Waals surface area contributed by atoms with Crippen LogP contribution in [0.3, 0.4) is 0 Å². The molecule has 1 aliphatic heterocycles. The zero-order valence-corrected chi connectivity index (χ0v) is 10.3. The summed E-state index contributed by atoms with van der Waals surface area (Å²) < 4.78 is 10.4. The Kier molecular flexibility index (Phi) is 4.79. The summed E-state index contributed by atoms with van der Waals surface area (Å²) in [7, 11) is 1.69. The number of morpholine rings is 1. The highest BCUT2D eigenvalue weighted by atomic mass is 16.5. The van der Waals surface area contributed by atoms with Gasteiger partial charge in [0.2, 0.25) is 0 Å². The van der Waals surface area contributed by atoms with Crippen molar-refractivity contribution in [3.8, 4) is 5.75 Å². The van der Waals surface area contributed by atoms with Gasteiger partial charge in [0.25, 0.3) is 0 Å². The first-order chi connectivity index (χ1) is 8.38. The molecule has 1 fully saturated rings. The molecule has 1 aromatic carbocycles. The minimum atomic E-state index is 0.829. The number of hydrogen-bond acceptors (Lipinski definition) is 4. The number of nitrogens with zero attached hydrogens (tertiary/aromatic N) is 1. The molecule has 0 amide bonds. The highest BCUT2D eigenvalue weighted by Gasteiger charge is 2.08. The topological polar surface area (TPSA) is 33.7 Å². The smallest absolute Gasteiger partial charge is 0.118 e. The average Bonchev–Trinajstić information content (AvgIpc) is 2.41. The van der Waals surface area contributed by atoms with Crippen molar-refractivity contribution >= 4 is 0 Å². The van der Waals surface area contributed by atoms with Crippen molar-refractivity contribution < 1.29 is 9.47 Å². The van der Waals surface area contributed by atoms with Crippen molar-refractivity contribution in [3.05, 3.63) is 29.8 Å². The number of methoxy groups -OCH3 is 1. The molecule has 1 aliphatic rings. The molecule has 0 aromatic heterocycles. The quantitative estimate of drug-likeness (QED) is 0.829. The second kappa shape index (κ2) is 6.59. The molecule has 0 atom stereocenters. The molecule has 1 saturated heterocycles. The van der Waals surface area contributed by atoms with Gasteiger partial charge in [-0.25, -0.2) is 5.01 Å². The van der Waals surface area contributed by atoms with Crippen molar-refractivity contribution in [2.45, 2.75) is 6.42 Å². The fourth-order valence-corrected chi connectivity index (χ4v) is 1.87. The van der Waals surface area contributed by atoms with Crippen LogP contribution in [-0.4, -0.2) is 45.0 Å². The predicted molar refractivity (Wildman–Crippen MR) is 67.1 cm³/mol. The molecule has 1 heterocycles. The molecule has 2 rings (SSSR count). The number of nitrogens with one attached hydrogen (secondary N) is 1. The minimum Gasteiger partial charge on any atom is -0.497 e. The predicted octanol–water partition coefficient (Wildman–Crippen LogP) is 1.07. The SMILES string of the molecule is COc1ccc(CCNN2CCOCC2)cc1. The third-order valence-corrected chi connectivity index (χ3v) is 2.92. The zero-order chi connectivity index (χ0) is 11.9. The van der Waals surface area contributed by atoms with E-state index in [9.17, 15) is 0 Å². The van der Waals surface area contributed by atoms with Crippen LogP contribution < -0.4 is 10.2 Å². The van der Waals surface area contributed by atoms with Gasteiger partial charge in [0, 0.05) is 19.6 Å². The van der Waals surface area contributed by atoms with E-state index in [1.807, 2.05) is 12.1 Å². The van der Waals surface area contributed by atoms with Gasteiger partial charge >= 0.3 is 0 Å². The molecule has 4 nitrogen and oxygen atoms in total. The van der Waals surface area contributed by atoms with E-state index in [4.69, 9.17) is 9.47 Å². The maximum Gasteiger partial charge on any atom is 0.118 e. The van der Waals surface area contributed by atoms with Gasteiger partial charge in [-0.15, -0.1) is 0 Å². The van der Waals surface area contributed by atoms with Crippen molar-refractivity contribution in [2.24, 2.45) is 0 Å². The van der Waals surface area contributed by atoms with Gasteiger partial charge in [0.15, 0.2) is 0 Å². The Morgan fingerprint density at radius 1 is 1.24 bits per heavy atom. The zero-order valence-electron chi connectivity index (χ0n) is 10.3. The summed E-state index contributed by atoms with van der Waals surface area (Å²) in [5.41, 5.74) is 4.75. The Labute approximate surface area is 102 Å². The Morgan fingerprint density at radius 2 is 1.94 bits per heavy atom. The highest BCUT2D eigenvalue weighted by Crippen LogP contribution is 2.11. The van der Waals surface area contributed by atoms with E-state index in [0.29, 0.717) is 0 Å². The normalized spacial score (nSPS) is 17.0. The fourth-order valence-electron chi connectivity index (χ4n) is 1.87. The summed E-state index contributed by atoms with van der Waals surface area (Å²) in [5, 5.41) is 2.23. The second-order valence-corrected chi connectivity index (χ2v) is 4.11. The van der Waals surface area contributed by atoms with Crippen molar-refractivity contribution in [1.29, 1.82) is 0 Å². The molecule has 0 bridgehead atoms. The summed E-state index contributed by atoms with van der Waals surface area (Å²) >= 11 is 0. The van der Waals surface area contributed by atoms with Crippen LogP contribution in [0.25, 0.3) is 0 Å². The Hall–Kier alpha value is -1.10.